The number of benzene rings is 1. The average molecular weight is 314 g/mol. The van der Waals surface area contributed by atoms with Gasteiger partial charge in [-0.25, -0.2) is 9.86 Å². The molecule has 0 unspecified atom stereocenters. The molecule has 1 rings (SSSR count). The zero-order valence-electron chi connectivity index (χ0n) is 12.6. The summed E-state index contributed by atoms with van der Waals surface area (Å²) < 4.78 is 4.85. The summed E-state index contributed by atoms with van der Waals surface area (Å²) in [5.41, 5.74) is 0.111. The van der Waals surface area contributed by atoms with Crippen molar-refractivity contribution in [1.29, 1.82) is 0 Å². The lowest BCUT2D eigenvalue weighted by atomic mass is 10.0. The minimum atomic E-state index is -1.45. The van der Waals surface area contributed by atoms with Crippen LogP contribution in [0, 0.1) is 6.92 Å². The lowest BCUT2D eigenvalue weighted by Gasteiger charge is -2.30. The minimum Gasteiger partial charge on any atom is -0.464 e. The number of hydroxylamine groups is 2. The number of halogens is 1. The second kappa shape index (κ2) is 6.91. The normalized spacial score (nSPS) is 11.1. The molecule has 0 bridgehead atoms. The highest BCUT2D eigenvalue weighted by atomic mass is 35.5. The fourth-order valence-corrected chi connectivity index (χ4v) is 2.04. The molecule has 6 heteroatoms. The number of hydrogen-bond acceptors (Lipinski definition) is 4. The highest BCUT2D eigenvalue weighted by Crippen LogP contribution is 2.21. The molecule has 0 saturated carbocycles. The van der Waals surface area contributed by atoms with E-state index >= 15 is 0 Å². The molecule has 0 atom stereocenters. The van der Waals surface area contributed by atoms with E-state index in [0.717, 1.165) is 5.56 Å². The first-order chi connectivity index (χ1) is 9.70. The fourth-order valence-electron chi connectivity index (χ4n) is 1.74. The Hall–Kier alpha value is -1.59. The van der Waals surface area contributed by atoms with E-state index < -0.39 is 17.4 Å². The maximum absolute atomic E-state index is 12.1. The second-order valence-corrected chi connectivity index (χ2v) is 5.66. The predicted molar refractivity (Wildman–Crippen MR) is 79.2 cm³/mol. The molecule has 116 valence electrons. The van der Waals surface area contributed by atoms with Crippen LogP contribution >= 0.6 is 11.6 Å². The average Bonchev–Trinajstić information content (AvgIpc) is 2.41. The largest absolute Gasteiger partial charge is 0.464 e. The van der Waals surface area contributed by atoms with Crippen LogP contribution in [0.5, 0.6) is 0 Å². The SMILES string of the molecule is CCOC(=O)C(C)(C)N(O)C(=O)Cc1ccc(C)cc1Cl. The lowest BCUT2D eigenvalue weighted by molar-refractivity contribution is -0.202. The minimum absolute atomic E-state index is 0.0988. The third kappa shape index (κ3) is 4.19. The number of ether oxygens (including phenoxy) is 1. The van der Waals surface area contributed by atoms with Crippen LogP contribution in [-0.4, -0.2) is 34.3 Å². The van der Waals surface area contributed by atoms with E-state index in [2.05, 4.69) is 0 Å². The number of esters is 1. The van der Waals surface area contributed by atoms with Gasteiger partial charge in [0.25, 0.3) is 5.91 Å². The van der Waals surface area contributed by atoms with Gasteiger partial charge in [-0.15, -0.1) is 0 Å². The van der Waals surface area contributed by atoms with Crippen molar-refractivity contribution in [1.82, 2.24) is 5.06 Å². The number of amides is 1. The summed E-state index contributed by atoms with van der Waals surface area (Å²) in [4.78, 5) is 23.9. The molecule has 0 aliphatic rings. The number of nitrogens with zero attached hydrogens (tertiary/aromatic N) is 1. The van der Waals surface area contributed by atoms with Gasteiger partial charge in [-0.1, -0.05) is 23.7 Å². The maximum Gasteiger partial charge on any atom is 0.334 e. The van der Waals surface area contributed by atoms with Crippen molar-refractivity contribution in [3.8, 4) is 0 Å². The molecular weight excluding hydrogens is 294 g/mol. The molecule has 0 saturated heterocycles. The van der Waals surface area contributed by atoms with Gasteiger partial charge in [0.15, 0.2) is 5.54 Å². The van der Waals surface area contributed by atoms with Crippen molar-refractivity contribution in [3.63, 3.8) is 0 Å². The molecule has 0 spiro atoms. The van der Waals surface area contributed by atoms with Crippen LogP contribution in [0.25, 0.3) is 0 Å². The Bertz CT molecular complexity index is 542. The van der Waals surface area contributed by atoms with Gasteiger partial charge in [0.2, 0.25) is 0 Å². The van der Waals surface area contributed by atoms with Gasteiger partial charge in [0.1, 0.15) is 0 Å². The molecule has 0 aliphatic heterocycles. The second-order valence-electron chi connectivity index (χ2n) is 5.26. The summed E-state index contributed by atoms with van der Waals surface area (Å²) in [5, 5.41) is 10.8. The van der Waals surface area contributed by atoms with Crippen LogP contribution in [0.2, 0.25) is 5.02 Å². The van der Waals surface area contributed by atoms with E-state index in [1.165, 1.54) is 13.8 Å². The van der Waals surface area contributed by atoms with E-state index in [1.807, 2.05) is 13.0 Å². The zero-order valence-corrected chi connectivity index (χ0v) is 13.4. The molecule has 21 heavy (non-hydrogen) atoms. The van der Waals surface area contributed by atoms with Crippen molar-refractivity contribution >= 4 is 23.5 Å². The lowest BCUT2D eigenvalue weighted by Crippen LogP contribution is -2.52. The van der Waals surface area contributed by atoms with Crippen LogP contribution in [0.3, 0.4) is 0 Å². The van der Waals surface area contributed by atoms with Gasteiger partial charge in [0, 0.05) is 5.02 Å². The van der Waals surface area contributed by atoms with Crippen molar-refractivity contribution in [2.75, 3.05) is 6.61 Å². The number of aryl methyl sites for hydroxylation is 1. The van der Waals surface area contributed by atoms with E-state index in [-0.39, 0.29) is 13.0 Å². The molecule has 0 aliphatic carbocycles. The molecule has 0 aromatic heterocycles. The van der Waals surface area contributed by atoms with E-state index in [0.29, 0.717) is 15.6 Å². The molecule has 0 fully saturated rings. The molecule has 5 nitrogen and oxygen atoms in total. The third-order valence-electron chi connectivity index (χ3n) is 3.09. The van der Waals surface area contributed by atoms with Gasteiger partial charge in [-0.05, 0) is 44.9 Å². The standard InChI is InChI=1S/C15H20ClNO4/c1-5-21-14(19)15(3,4)17(20)13(18)9-11-7-6-10(2)8-12(11)16/h6-8,20H,5,9H2,1-4H3. The number of carbonyl (C=O) groups excluding carboxylic acids is 2. The summed E-state index contributed by atoms with van der Waals surface area (Å²) in [5.74, 6) is -1.30. The summed E-state index contributed by atoms with van der Waals surface area (Å²) >= 11 is 6.06. The van der Waals surface area contributed by atoms with Gasteiger partial charge in [-0.2, -0.15) is 0 Å². The van der Waals surface area contributed by atoms with Gasteiger partial charge in [0.05, 0.1) is 13.0 Å². The van der Waals surface area contributed by atoms with Crippen LogP contribution in [0.15, 0.2) is 18.2 Å². The Labute approximate surface area is 129 Å². The number of carbonyl (C=O) groups is 2. The van der Waals surface area contributed by atoms with Crippen molar-refractivity contribution in [2.45, 2.75) is 39.7 Å². The Balaban J connectivity index is 2.85. The molecule has 1 amide bonds. The van der Waals surface area contributed by atoms with Crippen LogP contribution in [0.4, 0.5) is 0 Å². The van der Waals surface area contributed by atoms with E-state index in [4.69, 9.17) is 16.3 Å². The smallest absolute Gasteiger partial charge is 0.334 e. The molecule has 1 N–H and O–H groups in total. The van der Waals surface area contributed by atoms with Crippen molar-refractivity contribution in [3.05, 3.63) is 34.3 Å². The van der Waals surface area contributed by atoms with E-state index in [9.17, 15) is 14.8 Å². The molecular formula is C15H20ClNO4. The fraction of sp³-hybridized carbons (Fsp3) is 0.467. The predicted octanol–water partition coefficient (Wildman–Crippen LogP) is 2.75. The summed E-state index contributed by atoms with van der Waals surface area (Å²) in [6.45, 7) is 6.55. The quantitative estimate of drug-likeness (QED) is 0.515. The van der Waals surface area contributed by atoms with E-state index in [1.54, 1.807) is 19.1 Å². The highest BCUT2D eigenvalue weighted by Gasteiger charge is 2.38. The van der Waals surface area contributed by atoms with Crippen molar-refractivity contribution in [2.24, 2.45) is 0 Å². The van der Waals surface area contributed by atoms with Crippen LogP contribution in [-0.2, 0) is 20.7 Å². The monoisotopic (exact) mass is 313 g/mol. The summed E-state index contributed by atoms with van der Waals surface area (Å²) in [6.07, 6.45) is -0.0988. The molecule has 1 aromatic rings. The number of rotatable bonds is 5. The van der Waals surface area contributed by atoms with Crippen molar-refractivity contribution < 1.29 is 19.5 Å². The first kappa shape index (κ1) is 17.5. The summed E-state index contributed by atoms with van der Waals surface area (Å²) in [6, 6.07) is 5.29. The first-order valence-corrected chi connectivity index (χ1v) is 7.02. The summed E-state index contributed by atoms with van der Waals surface area (Å²) in [7, 11) is 0. The Kier molecular flexibility index (Phi) is 5.75. The van der Waals surface area contributed by atoms with Gasteiger partial charge in [-0.3, -0.25) is 10.0 Å². The maximum atomic E-state index is 12.1. The zero-order chi connectivity index (χ0) is 16.2. The topological polar surface area (TPSA) is 66.8 Å². The van der Waals surface area contributed by atoms with Gasteiger partial charge < -0.3 is 4.74 Å². The van der Waals surface area contributed by atoms with Crippen LogP contribution in [0.1, 0.15) is 31.9 Å². The van der Waals surface area contributed by atoms with Gasteiger partial charge >= 0.3 is 5.97 Å². The highest BCUT2D eigenvalue weighted by molar-refractivity contribution is 6.31. The Morgan fingerprint density at radius 1 is 1.38 bits per heavy atom. The van der Waals surface area contributed by atoms with Crippen LogP contribution < -0.4 is 0 Å². The molecule has 0 heterocycles. The molecule has 0 radical (unpaired) electrons. The Morgan fingerprint density at radius 3 is 2.52 bits per heavy atom. The number of hydrogen-bond donors (Lipinski definition) is 1. The molecule has 1 aromatic carbocycles. The third-order valence-corrected chi connectivity index (χ3v) is 3.44. The Morgan fingerprint density at radius 2 is 2.00 bits per heavy atom. The first-order valence-electron chi connectivity index (χ1n) is 6.64.